The van der Waals surface area contributed by atoms with Crippen molar-refractivity contribution in [1.29, 1.82) is 0 Å². The van der Waals surface area contributed by atoms with E-state index in [1.165, 1.54) is 12.4 Å². The molecule has 2 aromatic rings. The maximum atomic E-state index is 11.0. The van der Waals surface area contributed by atoms with Crippen LogP contribution in [0, 0.1) is 0 Å². The summed E-state index contributed by atoms with van der Waals surface area (Å²) < 4.78 is 16.4. The van der Waals surface area contributed by atoms with Gasteiger partial charge in [0.15, 0.2) is 11.5 Å². The Balaban J connectivity index is 1.43. The lowest BCUT2D eigenvalue weighted by Crippen LogP contribution is -2.37. The summed E-state index contributed by atoms with van der Waals surface area (Å²) in [6.07, 6.45) is 2.07. The second kappa shape index (κ2) is 9.78. The Morgan fingerprint density at radius 1 is 1.38 bits per heavy atom. The molecule has 3 N–H and O–H groups in total. The molecule has 1 aromatic carbocycles. The number of aliphatic hydroxyl groups is 1. The van der Waals surface area contributed by atoms with Crippen LogP contribution in [0.4, 0.5) is 0 Å². The number of benzene rings is 1. The highest BCUT2D eigenvalue weighted by atomic mass is 35.5. The van der Waals surface area contributed by atoms with Crippen LogP contribution in [0.25, 0.3) is 0 Å². The largest absolute Gasteiger partial charge is 0.489 e. The molecule has 0 amide bonds. The number of hydrogen-bond donors (Lipinski definition) is 3. The molecule has 1 aromatic heterocycles. The quantitative estimate of drug-likeness (QED) is 0.562. The summed E-state index contributed by atoms with van der Waals surface area (Å²) in [5, 5.41) is 22.8. The Morgan fingerprint density at radius 2 is 2.21 bits per heavy atom. The van der Waals surface area contributed by atoms with Gasteiger partial charge in [0.1, 0.15) is 25.1 Å². The lowest BCUT2D eigenvalue weighted by atomic mass is 10.1. The van der Waals surface area contributed by atoms with Gasteiger partial charge in [-0.05, 0) is 31.0 Å². The topological polar surface area (TPSA) is 110 Å². The highest BCUT2D eigenvalue weighted by Crippen LogP contribution is 2.33. The summed E-state index contributed by atoms with van der Waals surface area (Å²) in [6, 6.07) is 7.16. The zero-order chi connectivity index (χ0) is 20.8. The zero-order valence-electron chi connectivity index (χ0n) is 15.9. The number of pyridine rings is 1. The number of aromatic nitrogens is 1. The monoisotopic (exact) mass is 422 g/mol. The minimum Gasteiger partial charge on any atom is -0.489 e. The Kier molecular flexibility index (Phi) is 7.13. The van der Waals surface area contributed by atoms with Gasteiger partial charge in [-0.1, -0.05) is 17.7 Å². The molecule has 1 aliphatic rings. The van der Waals surface area contributed by atoms with E-state index in [4.69, 9.17) is 30.9 Å². The predicted octanol–water partition coefficient (Wildman–Crippen LogP) is 1.92. The van der Waals surface area contributed by atoms with Crippen LogP contribution in [-0.4, -0.2) is 59.2 Å². The third kappa shape index (κ3) is 6.22. The number of hydrogen-bond acceptors (Lipinski definition) is 7. The number of ether oxygens (including phenoxy) is 3. The van der Waals surface area contributed by atoms with Gasteiger partial charge in [-0.15, -0.1) is 0 Å². The molecule has 0 spiro atoms. The van der Waals surface area contributed by atoms with Gasteiger partial charge < -0.3 is 29.7 Å². The van der Waals surface area contributed by atoms with Crippen LogP contribution in [0.5, 0.6) is 17.2 Å². The van der Waals surface area contributed by atoms with E-state index in [0.29, 0.717) is 35.2 Å². The molecule has 0 fully saturated rings. The van der Waals surface area contributed by atoms with Crippen molar-refractivity contribution < 1.29 is 29.2 Å². The zero-order valence-corrected chi connectivity index (χ0v) is 16.6. The third-order valence-corrected chi connectivity index (χ3v) is 4.52. The Bertz CT molecular complexity index is 849. The second-order valence-electron chi connectivity index (χ2n) is 6.85. The molecule has 9 heteroatoms. The molecule has 29 heavy (non-hydrogen) atoms. The number of nitrogens with zero attached hydrogens (tertiary/aromatic N) is 1. The molecule has 156 valence electrons. The number of halogens is 1. The number of carboxylic acids is 1. The molecule has 0 bridgehead atoms. The van der Waals surface area contributed by atoms with Crippen molar-refractivity contribution in [3.63, 3.8) is 0 Å². The predicted molar refractivity (Wildman–Crippen MR) is 106 cm³/mol. The van der Waals surface area contributed by atoms with Crippen molar-refractivity contribution in [2.24, 2.45) is 0 Å². The average Bonchev–Trinajstić information content (AvgIpc) is 2.70. The first-order chi connectivity index (χ1) is 13.9. The molecule has 1 unspecified atom stereocenters. The van der Waals surface area contributed by atoms with Crippen molar-refractivity contribution in [2.75, 3.05) is 19.8 Å². The van der Waals surface area contributed by atoms with Crippen LogP contribution in [0.2, 0.25) is 5.02 Å². The van der Waals surface area contributed by atoms with Crippen molar-refractivity contribution in [2.45, 2.75) is 31.6 Å². The van der Waals surface area contributed by atoms with Crippen LogP contribution in [-0.2, 0) is 11.2 Å². The fourth-order valence-corrected chi connectivity index (χ4v) is 3.01. The van der Waals surface area contributed by atoms with E-state index in [1.54, 1.807) is 12.1 Å². The molecule has 0 radical (unpaired) electrons. The normalized spacial score (nSPS) is 17.4. The van der Waals surface area contributed by atoms with Gasteiger partial charge in [0.05, 0.1) is 11.2 Å². The summed E-state index contributed by atoms with van der Waals surface area (Å²) in [5.41, 5.74) is 1.01. The molecule has 8 nitrogen and oxygen atoms in total. The van der Waals surface area contributed by atoms with Gasteiger partial charge in [0.2, 0.25) is 6.10 Å². The number of carboxylic acid groups (broad SMARTS) is 1. The third-order valence-electron chi connectivity index (χ3n) is 4.31. The Labute approximate surface area is 173 Å². The molecule has 1 aliphatic heterocycles. The first kappa shape index (κ1) is 21.2. The van der Waals surface area contributed by atoms with Gasteiger partial charge >= 0.3 is 5.97 Å². The van der Waals surface area contributed by atoms with Crippen LogP contribution >= 0.6 is 11.6 Å². The van der Waals surface area contributed by atoms with Crippen LogP contribution in [0.3, 0.4) is 0 Å². The molecule has 3 atom stereocenters. The smallest absolute Gasteiger partial charge is 0.348 e. The number of nitrogens with one attached hydrogen (secondary N) is 1. The van der Waals surface area contributed by atoms with Crippen molar-refractivity contribution in [3.8, 4) is 17.2 Å². The van der Waals surface area contributed by atoms with E-state index in [0.717, 1.165) is 5.56 Å². The van der Waals surface area contributed by atoms with Crippen LogP contribution < -0.4 is 19.5 Å². The summed E-state index contributed by atoms with van der Waals surface area (Å²) in [5.74, 6) is 0.421. The van der Waals surface area contributed by atoms with E-state index in [1.807, 2.05) is 19.1 Å². The van der Waals surface area contributed by atoms with E-state index >= 15 is 0 Å². The van der Waals surface area contributed by atoms with Gasteiger partial charge in [-0.25, -0.2) is 4.79 Å². The molecular weight excluding hydrogens is 400 g/mol. The molecule has 0 aliphatic carbocycles. The molecular formula is C20H23ClN2O6. The first-order valence-corrected chi connectivity index (χ1v) is 9.58. The highest BCUT2D eigenvalue weighted by Gasteiger charge is 2.27. The fraction of sp³-hybridized carbons (Fsp3) is 0.400. The minimum absolute atomic E-state index is 0.0199. The maximum absolute atomic E-state index is 11.0. The second-order valence-corrected chi connectivity index (χ2v) is 7.29. The fourth-order valence-electron chi connectivity index (χ4n) is 2.85. The number of aliphatic carboxylic acids is 1. The number of carbonyl (C=O) groups is 1. The minimum atomic E-state index is -1.05. The van der Waals surface area contributed by atoms with Gasteiger partial charge in [-0.2, -0.15) is 0 Å². The highest BCUT2D eigenvalue weighted by molar-refractivity contribution is 6.30. The lowest BCUT2D eigenvalue weighted by molar-refractivity contribution is -0.147. The van der Waals surface area contributed by atoms with Gasteiger partial charge in [-0.3, -0.25) is 4.98 Å². The van der Waals surface area contributed by atoms with E-state index in [2.05, 4.69) is 10.3 Å². The van der Waals surface area contributed by atoms with Crippen molar-refractivity contribution in [1.82, 2.24) is 10.3 Å². The van der Waals surface area contributed by atoms with E-state index in [9.17, 15) is 9.90 Å². The number of rotatable bonds is 9. The van der Waals surface area contributed by atoms with Gasteiger partial charge in [0, 0.05) is 24.8 Å². The number of aliphatic hydroxyl groups excluding tert-OH is 1. The van der Waals surface area contributed by atoms with E-state index in [-0.39, 0.29) is 19.3 Å². The van der Waals surface area contributed by atoms with Crippen molar-refractivity contribution in [3.05, 3.63) is 47.2 Å². The summed E-state index contributed by atoms with van der Waals surface area (Å²) >= 11 is 5.84. The maximum Gasteiger partial charge on any atom is 0.348 e. The Hall–Kier alpha value is -2.55. The van der Waals surface area contributed by atoms with Crippen LogP contribution in [0.15, 0.2) is 36.7 Å². The molecule has 0 saturated heterocycles. The van der Waals surface area contributed by atoms with Crippen LogP contribution in [0.1, 0.15) is 12.5 Å². The summed E-state index contributed by atoms with van der Waals surface area (Å²) in [7, 11) is 0. The SMILES string of the molecule is C[C@H](Cc1ccc2c(c1)OCC(C(=O)O)O2)NC[C@H](O)COc1cncc(Cl)c1. The van der Waals surface area contributed by atoms with E-state index < -0.39 is 18.2 Å². The summed E-state index contributed by atoms with van der Waals surface area (Å²) in [4.78, 5) is 14.9. The average molecular weight is 423 g/mol. The molecule has 0 saturated carbocycles. The Morgan fingerprint density at radius 3 is 2.97 bits per heavy atom. The summed E-state index contributed by atoms with van der Waals surface area (Å²) in [6.45, 7) is 2.47. The molecule has 3 rings (SSSR count). The number of fused-ring (bicyclic) bond motifs is 1. The standard InChI is InChI=1S/C20H23ClN2O6/c1-12(23-8-15(24)10-27-16-6-14(21)7-22-9-16)4-13-2-3-17-18(5-13)28-11-19(29-17)20(25)26/h2-3,5-7,9,12,15,19,23-24H,4,8,10-11H2,1H3,(H,25,26)/t12-,15+,19?/m1/s1. The van der Waals surface area contributed by atoms with Crippen molar-refractivity contribution >= 4 is 17.6 Å². The molecule has 2 heterocycles. The first-order valence-electron chi connectivity index (χ1n) is 9.20. The lowest BCUT2D eigenvalue weighted by Gasteiger charge is -2.24. The van der Waals surface area contributed by atoms with Gasteiger partial charge in [0.25, 0.3) is 0 Å².